The van der Waals surface area contributed by atoms with Crippen molar-refractivity contribution in [2.75, 3.05) is 42.3 Å². The SMILES string of the molecule is Cl.Nc1nc2cc(Nc3ccc(N4CCOCC4)nc3)cnc2cc1-c1nnc(C2CCCC2)s1. The summed E-state index contributed by atoms with van der Waals surface area (Å²) < 4.78 is 5.41. The second-order valence-corrected chi connectivity index (χ2v) is 9.75. The lowest BCUT2D eigenvalue weighted by Gasteiger charge is -2.27. The first kappa shape index (κ1) is 23.7. The Hall–Kier alpha value is -3.08. The molecule has 0 unspecified atom stereocenters. The van der Waals surface area contributed by atoms with Gasteiger partial charge in [-0.1, -0.05) is 24.2 Å². The average Bonchev–Trinajstić information content (AvgIpc) is 3.57. The van der Waals surface area contributed by atoms with Crippen LogP contribution >= 0.6 is 23.7 Å². The van der Waals surface area contributed by atoms with E-state index in [9.17, 15) is 0 Å². The van der Waals surface area contributed by atoms with Gasteiger partial charge in [-0.2, -0.15) is 0 Å². The number of nitrogen functional groups attached to an aromatic ring is 1. The Morgan fingerprint density at radius 2 is 1.77 bits per heavy atom. The molecule has 1 saturated heterocycles. The minimum absolute atomic E-state index is 0. The predicted molar refractivity (Wildman–Crippen MR) is 142 cm³/mol. The molecule has 2 aliphatic rings. The van der Waals surface area contributed by atoms with Gasteiger partial charge >= 0.3 is 0 Å². The maximum atomic E-state index is 6.33. The normalized spacial score (nSPS) is 16.4. The van der Waals surface area contributed by atoms with Crippen molar-refractivity contribution in [3.05, 3.63) is 41.7 Å². The van der Waals surface area contributed by atoms with Crippen molar-refractivity contribution >= 4 is 57.8 Å². The Morgan fingerprint density at radius 3 is 2.54 bits per heavy atom. The Labute approximate surface area is 213 Å². The van der Waals surface area contributed by atoms with Crippen molar-refractivity contribution in [3.63, 3.8) is 0 Å². The first-order chi connectivity index (χ1) is 16.7. The van der Waals surface area contributed by atoms with Crippen LogP contribution in [0.2, 0.25) is 0 Å². The van der Waals surface area contributed by atoms with Crippen molar-refractivity contribution in [2.45, 2.75) is 31.6 Å². The van der Waals surface area contributed by atoms with Gasteiger partial charge in [0.15, 0.2) is 5.01 Å². The number of hydrogen-bond acceptors (Lipinski definition) is 10. The van der Waals surface area contributed by atoms with Gasteiger partial charge < -0.3 is 20.7 Å². The quantitative estimate of drug-likeness (QED) is 0.391. The van der Waals surface area contributed by atoms with Crippen LogP contribution in [0.5, 0.6) is 0 Å². The maximum Gasteiger partial charge on any atom is 0.151 e. The molecule has 0 atom stereocenters. The van der Waals surface area contributed by atoms with Crippen molar-refractivity contribution < 1.29 is 4.74 Å². The molecule has 3 N–H and O–H groups in total. The molecule has 2 fully saturated rings. The zero-order chi connectivity index (χ0) is 22.9. The van der Waals surface area contributed by atoms with E-state index in [1.165, 1.54) is 25.7 Å². The van der Waals surface area contributed by atoms with Crippen LogP contribution in [-0.4, -0.2) is 51.5 Å². The number of hydrogen-bond donors (Lipinski definition) is 2. The van der Waals surface area contributed by atoms with Crippen molar-refractivity contribution in [2.24, 2.45) is 0 Å². The van der Waals surface area contributed by atoms with E-state index in [0.29, 0.717) is 11.7 Å². The molecule has 11 heteroatoms. The predicted octanol–water partition coefficient (Wildman–Crippen LogP) is 4.79. The van der Waals surface area contributed by atoms with E-state index in [0.717, 1.165) is 70.1 Å². The van der Waals surface area contributed by atoms with Gasteiger partial charge in [-0.25, -0.2) is 9.97 Å². The van der Waals surface area contributed by atoms with Crippen molar-refractivity contribution in [1.29, 1.82) is 0 Å². The van der Waals surface area contributed by atoms with E-state index >= 15 is 0 Å². The molecule has 0 aromatic carbocycles. The van der Waals surface area contributed by atoms with Crippen LogP contribution in [0.1, 0.15) is 36.6 Å². The van der Waals surface area contributed by atoms with Gasteiger partial charge in [-0.15, -0.1) is 22.6 Å². The standard InChI is InChI=1S/C24H26N8OS.ClH/c25-22-18(24-31-30-23(34-24)15-3-1-2-4-15)12-19-20(29-22)11-17(14-26-19)28-16-5-6-21(27-13-16)32-7-9-33-10-8-32;/h5-6,11-15,28H,1-4,7-10H2,(H2,25,29);1H. The highest BCUT2D eigenvalue weighted by molar-refractivity contribution is 7.14. The highest BCUT2D eigenvalue weighted by Gasteiger charge is 2.22. The molecule has 0 spiro atoms. The third kappa shape index (κ3) is 5.00. The number of nitrogens with zero attached hydrogens (tertiary/aromatic N) is 6. The van der Waals surface area contributed by atoms with E-state index in [1.54, 1.807) is 17.5 Å². The van der Waals surface area contributed by atoms with Gasteiger partial charge in [0.1, 0.15) is 16.6 Å². The third-order valence-corrected chi connectivity index (χ3v) is 7.56. The number of ether oxygens (including phenoxy) is 1. The Kier molecular flexibility index (Phi) is 6.94. The highest BCUT2D eigenvalue weighted by atomic mass is 35.5. The van der Waals surface area contributed by atoms with E-state index in [4.69, 9.17) is 10.5 Å². The van der Waals surface area contributed by atoms with Gasteiger partial charge in [0.25, 0.3) is 0 Å². The van der Waals surface area contributed by atoms with Gasteiger partial charge in [0.05, 0.1) is 53.6 Å². The molecule has 4 aromatic rings. The molecular weight excluding hydrogens is 484 g/mol. The molecule has 0 radical (unpaired) electrons. The third-order valence-electron chi connectivity index (χ3n) is 6.44. The lowest BCUT2D eigenvalue weighted by atomic mass is 10.1. The fraction of sp³-hybridized carbons (Fsp3) is 0.375. The van der Waals surface area contributed by atoms with Crippen LogP contribution in [-0.2, 0) is 4.74 Å². The summed E-state index contributed by atoms with van der Waals surface area (Å²) in [5.74, 6) is 1.93. The Balaban J connectivity index is 0.00000253. The van der Waals surface area contributed by atoms with Crippen LogP contribution in [0, 0.1) is 0 Å². The zero-order valence-electron chi connectivity index (χ0n) is 19.2. The molecule has 182 valence electrons. The Bertz CT molecular complexity index is 1300. The van der Waals surface area contributed by atoms with Crippen molar-refractivity contribution in [1.82, 2.24) is 25.1 Å². The van der Waals surface area contributed by atoms with E-state index in [-0.39, 0.29) is 12.4 Å². The lowest BCUT2D eigenvalue weighted by Crippen LogP contribution is -2.36. The molecule has 9 nitrogen and oxygen atoms in total. The number of nitrogens with two attached hydrogens (primary N) is 1. The minimum Gasteiger partial charge on any atom is -0.383 e. The average molecular weight is 511 g/mol. The van der Waals surface area contributed by atoms with Gasteiger partial charge in [-0.05, 0) is 37.1 Å². The van der Waals surface area contributed by atoms with Crippen LogP contribution in [0.15, 0.2) is 36.7 Å². The van der Waals surface area contributed by atoms with E-state index in [1.807, 2.05) is 30.5 Å². The number of rotatable bonds is 5. The maximum absolute atomic E-state index is 6.33. The molecule has 5 heterocycles. The smallest absolute Gasteiger partial charge is 0.151 e. The molecule has 4 aromatic heterocycles. The molecule has 35 heavy (non-hydrogen) atoms. The Morgan fingerprint density at radius 1 is 0.971 bits per heavy atom. The number of aromatic nitrogens is 5. The van der Waals surface area contributed by atoms with Crippen LogP contribution < -0.4 is 16.0 Å². The highest BCUT2D eigenvalue weighted by Crippen LogP contribution is 2.38. The summed E-state index contributed by atoms with van der Waals surface area (Å²) in [6.07, 6.45) is 8.56. The van der Waals surface area contributed by atoms with Crippen molar-refractivity contribution in [3.8, 4) is 10.6 Å². The summed E-state index contributed by atoms with van der Waals surface area (Å²) in [4.78, 5) is 16.0. The molecule has 0 bridgehead atoms. The van der Waals surface area contributed by atoms with E-state index in [2.05, 4.69) is 35.4 Å². The molecule has 1 aliphatic heterocycles. The topological polar surface area (TPSA) is 115 Å². The summed E-state index contributed by atoms with van der Waals surface area (Å²) in [5.41, 5.74) is 10.3. The fourth-order valence-corrected chi connectivity index (χ4v) is 5.63. The number of pyridine rings is 3. The molecule has 6 rings (SSSR count). The summed E-state index contributed by atoms with van der Waals surface area (Å²) >= 11 is 1.62. The largest absolute Gasteiger partial charge is 0.383 e. The zero-order valence-corrected chi connectivity index (χ0v) is 20.8. The van der Waals surface area contributed by atoms with Gasteiger partial charge in [0.2, 0.25) is 0 Å². The second kappa shape index (κ2) is 10.3. The van der Waals surface area contributed by atoms with Gasteiger partial charge in [0, 0.05) is 19.0 Å². The number of nitrogens with one attached hydrogen (secondary N) is 1. The number of fused-ring (bicyclic) bond motifs is 1. The molecular formula is C24H27ClN8OS. The monoisotopic (exact) mass is 510 g/mol. The molecule has 0 amide bonds. The summed E-state index contributed by atoms with van der Waals surface area (Å²) in [7, 11) is 0. The summed E-state index contributed by atoms with van der Waals surface area (Å²) in [6.45, 7) is 3.21. The number of morpholine rings is 1. The van der Waals surface area contributed by atoms with Crippen LogP contribution in [0.25, 0.3) is 21.6 Å². The lowest BCUT2D eigenvalue weighted by molar-refractivity contribution is 0.122. The van der Waals surface area contributed by atoms with E-state index < -0.39 is 0 Å². The summed E-state index contributed by atoms with van der Waals surface area (Å²) in [5, 5.41) is 14.1. The fourth-order valence-electron chi connectivity index (χ4n) is 4.59. The first-order valence-corrected chi connectivity index (χ1v) is 12.5. The molecule has 1 aliphatic carbocycles. The minimum atomic E-state index is 0. The van der Waals surface area contributed by atoms with Gasteiger partial charge in [-0.3, -0.25) is 4.98 Å². The molecule has 1 saturated carbocycles. The first-order valence-electron chi connectivity index (χ1n) is 11.7. The van der Waals surface area contributed by atoms with Crippen LogP contribution in [0.3, 0.4) is 0 Å². The summed E-state index contributed by atoms with van der Waals surface area (Å²) in [6, 6.07) is 7.94. The second-order valence-electron chi connectivity index (χ2n) is 8.74. The number of halogens is 1. The van der Waals surface area contributed by atoms with Crippen LogP contribution in [0.4, 0.5) is 23.0 Å². The number of anilines is 4.